The van der Waals surface area contributed by atoms with Crippen LogP contribution in [0.2, 0.25) is 0 Å². The summed E-state index contributed by atoms with van der Waals surface area (Å²) >= 11 is 0. The smallest absolute Gasteiger partial charge is 0.320 e. The van der Waals surface area contributed by atoms with Gasteiger partial charge in [-0.25, -0.2) is 0 Å². The van der Waals surface area contributed by atoms with Crippen LogP contribution in [0, 0.1) is 5.41 Å². The Morgan fingerprint density at radius 3 is 2.78 bits per heavy atom. The Morgan fingerprint density at radius 2 is 2.44 bits per heavy atom. The monoisotopic (exact) mass is 130 g/mol. The molecule has 0 saturated carbocycles. The average Bonchev–Trinajstić information content (AvgIpc) is 1.82. The first-order chi connectivity index (χ1) is 4.18. The maximum Gasteiger partial charge on any atom is 0.320 e. The van der Waals surface area contributed by atoms with E-state index in [0.29, 0.717) is 12.8 Å². The summed E-state index contributed by atoms with van der Waals surface area (Å²) in [5, 5.41) is 14.8. The van der Waals surface area contributed by atoms with Crippen molar-refractivity contribution in [3.05, 3.63) is 0 Å². The van der Waals surface area contributed by atoms with Crippen LogP contribution in [0.3, 0.4) is 0 Å². The van der Waals surface area contributed by atoms with Crippen molar-refractivity contribution in [2.45, 2.75) is 18.9 Å². The highest BCUT2D eigenvalue weighted by Gasteiger charge is 2.08. The van der Waals surface area contributed by atoms with Crippen molar-refractivity contribution >= 4 is 12.2 Å². The van der Waals surface area contributed by atoms with Crippen molar-refractivity contribution in [3.8, 4) is 0 Å². The summed E-state index contributed by atoms with van der Waals surface area (Å²) in [5.74, 6) is -1.00. The molecular weight excluding hydrogens is 120 g/mol. The van der Waals surface area contributed by atoms with Crippen LogP contribution in [-0.2, 0) is 4.79 Å². The van der Waals surface area contributed by atoms with Crippen LogP contribution in [0.15, 0.2) is 0 Å². The minimum atomic E-state index is -1.00. The third-order valence-corrected chi connectivity index (χ3v) is 0.939. The number of carboxylic acid groups (broad SMARTS) is 1. The Morgan fingerprint density at radius 1 is 1.89 bits per heavy atom. The zero-order chi connectivity index (χ0) is 7.28. The minimum absolute atomic E-state index is 0.346. The predicted octanol–water partition coefficient (Wildman–Crippen LogP) is -0.172. The molecule has 0 aromatic carbocycles. The molecule has 0 heterocycles. The van der Waals surface area contributed by atoms with Crippen molar-refractivity contribution in [1.29, 1.82) is 5.41 Å². The number of nitrogens with one attached hydrogen (secondary N) is 1. The third-order valence-electron chi connectivity index (χ3n) is 0.939. The minimum Gasteiger partial charge on any atom is -0.480 e. The highest BCUT2D eigenvalue weighted by atomic mass is 16.4. The Hall–Kier alpha value is -0.900. The third kappa shape index (κ3) is 3.66. The van der Waals surface area contributed by atoms with Gasteiger partial charge in [0.2, 0.25) is 0 Å². The maximum atomic E-state index is 10.0. The fourth-order valence-corrected chi connectivity index (χ4v) is 0.386. The van der Waals surface area contributed by atoms with E-state index in [4.69, 9.17) is 16.2 Å². The molecule has 0 aliphatic carbocycles. The van der Waals surface area contributed by atoms with Gasteiger partial charge in [-0.1, -0.05) is 0 Å². The molecule has 0 amide bonds. The zero-order valence-corrected chi connectivity index (χ0v) is 5.00. The van der Waals surface area contributed by atoms with Gasteiger partial charge in [-0.15, -0.1) is 0 Å². The van der Waals surface area contributed by atoms with Gasteiger partial charge in [0.05, 0.1) is 0 Å². The van der Waals surface area contributed by atoms with Crippen LogP contribution in [0.25, 0.3) is 0 Å². The molecule has 52 valence electrons. The van der Waals surface area contributed by atoms with Crippen LogP contribution in [-0.4, -0.2) is 23.3 Å². The molecule has 0 aliphatic rings. The van der Waals surface area contributed by atoms with Gasteiger partial charge in [0.1, 0.15) is 6.04 Å². The molecule has 0 bridgehead atoms. The lowest BCUT2D eigenvalue weighted by atomic mass is 10.2. The second-order valence-corrected chi connectivity index (χ2v) is 1.73. The van der Waals surface area contributed by atoms with E-state index in [1.807, 2.05) is 0 Å². The molecule has 0 aliphatic heterocycles. The Labute approximate surface area is 53.2 Å². The van der Waals surface area contributed by atoms with E-state index in [0.717, 1.165) is 6.21 Å². The summed E-state index contributed by atoms with van der Waals surface area (Å²) in [6.45, 7) is 0. The van der Waals surface area contributed by atoms with Gasteiger partial charge in [-0.05, 0) is 19.1 Å². The van der Waals surface area contributed by atoms with Crippen molar-refractivity contribution in [1.82, 2.24) is 0 Å². The molecule has 1 atom stereocenters. The van der Waals surface area contributed by atoms with Crippen LogP contribution in [0.1, 0.15) is 12.8 Å². The van der Waals surface area contributed by atoms with E-state index < -0.39 is 12.0 Å². The fourth-order valence-electron chi connectivity index (χ4n) is 0.386. The number of nitrogens with two attached hydrogens (primary N) is 1. The van der Waals surface area contributed by atoms with Crippen molar-refractivity contribution in [3.63, 3.8) is 0 Å². The molecule has 4 nitrogen and oxygen atoms in total. The molecular formula is C5H10N2O2. The number of hydrogen-bond donors (Lipinski definition) is 3. The normalized spacial score (nSPS) is 12.6. The zero-order valence-electron chi connectivity index (χ0n) is 5.00. The van der Waals surface area contributed by atoms with Gasteiger partial charge in [0.25, 0.3) is 0 Å². The highest BCUT2D eigenvalue weighted by Crippen LogP contribution is 1.90. The number of carbonyl (C=O) groups is 1. The van der Waals surface area contributed by atoms with Crippen molar-refractivity contribution in [2.24, 2.45) is 5.73 Å². The topological polar surface area (TPSA) is 87.2 Å². The summed E-state index contributed by atoms with van der Waals surface area (Å²) in [5.41, 5.74) is 5.10. The van der Waals surface area contributed by atoms with E-state index in [1.165, 1.54) is 0 Å². The van der Waals surface area contributed by atoms with Gasteiger partial charge < -0.3 is 16.2 Å². The van der Waals surface area contributed by atoms with E-state index >= 15 is 0 Å². The Balaban J connectivity index is 3.37. The van der Waals surface area contributed by atoms with E-state index in [1.54, 1.807) is 0 Å². The fraction of sp³-hybridized carbons (Fsp3) is 0.600. The summed E-state index contributed by atoms with van der Waals surface area (Å²) in [6, 6.07) is -0.813. The molecule has 1 unspecified atom stereocenters. The van der Waals surface area contributed by atoms with E-state index in [2.05, 4.69) is 0 Å². The largest absolute Gasteiger partial charge is 0.480 e. The number of rotatable bonds is 4. The van der Waals surface area contributed by atoms with Gasteiger partial charge in [0, 0.05) is 0 Å². The summed E-state index contributed by atoms with van der Waals surface area (Å²) in [7, 11) is 0. The lowest BCUT2D eigenvalue weighted by Crippen LogP contribution is -2.29. The lowest BCUT2D eigenvalue weighted by molar-refractivity contribution is -0.138. The summed E-state index contributed by atoms with van der Waals surface area (Å²) in [4.78, 5) is 10.0. The molecule has 0 radical (unpaired) electrons. The molecule has 0 aromatic rings. The standard InChI is InChI=1S/C5H10N2O2/c6-3-1-2-4(7)5(8)9/h3-4,6H,1-2,7H2,(H,8,9). The van der Waals surface area contributed by atoms with Gasteiger partial charge in [-0.3, -0.25) is 4.79 Å². The lowest BCUT2D eigenvalue weighted by Gasteiger charge is -2.00. The van der Waals surface area contributed by atoms with Crippen molar-refractivity contribution in [2.75, 3.05) is 0 Å². The summed E-state index contributed by atoms with van der Waals surface area (Å²) < 4.78 is 0. The molecule has 4 heteroatoms. The average molecular weight is 130 g/mol. The van der Waals surface area contributed by atoms with Crippen molar-refractivity contribution < 1.29 is 9.90 Å². The molecule has 0 saturated heterocycles. The second-order valence-electron chi connectivity index (χ2n) is 1.73. The quantitative estimate of drug-likeness (QED) is 0.461. The Kier molecular flexibility index (Phi) is 3.62. The van der Waals surface area contributed by atoms with E-state index in [9.17, 15) is 4.79 Å². The van der Waals surface area contributed by atoms with Gasteiger partial charge in [0.15, 0.2) is 0 Å². The van der Waals surface area contributed by atoms with Crippen LogP contribution in [0.5, 0.6) is 0 Å². The predicted molar refractivity (Wildman–Crippen MR) is 33.6 cm³/mol. The maximum absolute atomic E-state index is 10.0. The van der Waals surface area contributed by atoms with E-state index in [-0.39, 0.29) is 0 Å². The number of carboxylic acids is 1. The SMILES string of the molecule is N=CCCC(N)C(=O)O. The molecule has 9 heavy (non-hydrogen) atoms. The molecule has 0 spiro atoms. The number of hydrogen-bond acceptors (Lipinski definition) is 3. The van der Waals surface area contributed by atoms with Gasteiger partial charge in [-0.2, -0.15) is 0 Å². The molecule has 0 aromatic heterocycles. The second kappa shape index (κ2) is 4.03. The first-order valence-corrected chi connectivity index (χ1v) is 2.65. The first kappa shape index (κ1) is 8.10. The van der Waals surface area contributed by atoms with Crippen LogP contribution < -0.4 is 5.73 Å². The van der Waals surface area contributed by atoms with Crippen LogP contribution >= 0.6 is 0 Å². The molecule has 4 N–H and O–H groups in total. The summed E-state index contributed by atoms with van der Waals surface area (Å²) in [6.07, 6.45) is 1.94. The van der Waals surface area contributed by atoms with Crippen LogP contribution in [0.4, 0.5) is 0 Å². The molecule has 0 fully saturated rings. The highest BCUT2D eigenvalue weighted by molar-refractivity contribution is 5.73. The first-order valence-electron chi connectivity index (χ1n) is 2.65. The molecule has 0 rings (SSSR count). The Bertz CT molecular complexity index is 114. The van der Waals surface area contributed by atoms with Gasteiger partial charge >= 0.3 is 5.97 Å². The number of aliphatic carboxylic acids is 1.